The smallest absolute Gasteiger partial charge is 0.432 e. The molecule has 4 rings (SSSR count). The van der Waals surface area contributed by atoms with E-state index in [1.807, 2.05) is 47.4 Å². The van der Waals surface area contributed by atoms with E-state index in [4.69, 9.17) is 0 Å². The Bertz CT molecular complexity index is 1090. The van der Waals surface area contributed by atoms with Crippen LogP contribution in [0.1, 0.15) is 18.2 Å². The lowest BCUT2D eigenvalue weighted by Gasteiger charge is -2.36. The molecule has 0 bridgehead atoms. The summed E-state index contributed by atoms with van der Waals surface area (Å²) in [6.45, 7) is 4.58. The molecule has 148 valence electrons. The molecular formula is C22H22N4O3. The van der Waals surface area contributed by atoms with Crippen LogP contribution < -0.4 is 4.90 Å². The van der Waals surface area contributed by atoms with E-state index >= 15 is 0 Å². The standard InChI is InChI=1S/C22H22N4O3/c1-16(27)24-12-14-25(15-13-24)20-8-4-2-6-17(20)10-11-19-18-7-3-5-9-21(18)26(23-19)22(28)29/h2-11H,12-15H2,1H3,(H,28,29)/b11-10+. The Morgan fingerprint density at radius 3 is 2.38 bits per heavy atom. The van der Waals surface area contributed by atoms with E-state index in [0.29, 0.717) is 24.3 Å². The molecule has 7 heteroatoms. The number of carbonyl (C=O) groups is 2. The maximum atomic E-state index is 11.6. The van der Waals surface area contributed by atoms with E-state index in [9.17, 15) is 14.7 Å². The van der Waals surface area contributed by atoms with Crippen LogP contribution in [-0.4, -0.2) is 58.0 Å². The van der Waals surface area contributed by atoms with Crippen molar-refractivity contribution in [3.8, 4) is 0 Å². The first kappa shape index (κ1) is 18.7. The second-order valence-electron chi connectivity index (χ2n) is 6.98. The summed E-state index contributed by atoms with van der Waals surface area (Å²) in [6.07, 6.45) is 2.71. The summed E-state index contributed by atoms with van der Waals surface area (Å²) in [5.74, 6) is 0.110. The fraction of sp³-hybridized carbons (Fsp3) is 0.227. The van der Waals surface area contributed by atoms with Crippen LogP contribution in [0.4, 0.5) is 10.5 Å². The van der Waals surface area contributed by atoms with Crippen molar-refractivity contribution >= 4 is 40.7 Å². The molecule has 0 aliphatic carbocycles. The molecule has 0 unspecified atom stereocenters. The van der Waals surface area contributed by atoms with Crippen molar-refractivity contribution in [1.82, 2.24) is 14.7 Å². The van der Waals surface area contributed by atoms with Crippen molar-refractivity contribution in [2.45, 2.75) is 6.92 Å². The maximum absolute atomic E-state index is 11.6. The van der Waals surface area contributed by atoms with Crippen molar-refractivity contribution in [1.29, 1.82) is 0 Å². The summed E-state index contributed by atoms with van der Waals surface area (Å²) < 4.78 is 1.00. The zero-order valence-electron chi connectivity index (χ0n) is 16.2. The number of piperazine rings is 1. The van der Waals surface area contributed by atoms with Gasteiger partial charge in [0.1, 0.15) is 0 Å². The van der Waals surface area contributed by atoms with Gasteiger partial charge in [0, 0.05) is 44.2 Å². The fourth-order valence-corrected chi connectivity index (χ4v) is 3.71. The van der Waals surface area contributed by atoms with Gasteiger partial charge in [-0.2, -0.15) is 9.78 Å². The van der Waals surface area contributed by atoms with Gasteiger partial charge in [0.15, 0.2) is 0 Å². The maximum Gasteiger partial charge on any atom is 0.432 e. The van der Waals surface area contributed by atoms with E-state index < -0.39 is 6.09 Å². The van der Waals surface area contributed by atoms with Crippen LogP contribution in [-0.2, 0) is 4.79 Å². The lowest BCUT2D eigenvalue weighted by molar-refractivity contribution is -0.129. The molecule has 1 N–H and O–H groups in total. The highest BCUT2D eigenvalue weighted by Crippen LogP contribution is 2.25. The van der Waals surface area contributed by atoms with Gasteiger partial charge >= 0.3 is 6.09 Å². The number of hydrogen-bond acceptors (Lipinski definition) is 4. The number of carboxylic acid groups (broad SMARTS) is 1. The highest BCUT2D eigenvalue weighted by atomic mass is 16.4. The van der Waals surface area contributed by atoms with Crippen molar-refractivity contribution in [3.63, 3.8) is 0 Å². The van der Waals surface area contributed by atoms with Crippen LogP contribution in [0.3, 0.4) is 0 Å². The first-order valence-electron chi connectivity index (χ1n) is 9.53. The number of para-hydroxylation sites is 2. The van der Waals surface area contributed by atoms with Crippen LogP contribution in [0.25, 0.3) is 23.1 Å². The molecule has 1 aliphatic heterocycles. The summed E-state index contributed by atoms with van der Waals surface area (Å²) in [7, 11) is 0. The van der Waals surface area contributed by atoms with Gasteiger partial charge in [0.05, 0.1) is 11.2 Å². The molecule has 2 heterocycles. The average molecular weight is 390 g/mol. The first-order chi connectivity index (χ1) is 14.0. The molecule has 7 nitrogen and oxygen atoms in total. The fourth-order valence-electron chi connectivity index (χ4n) is 3.71. The van der Waals surface area contributed by atoms with Crippen LogP contribution >= 0.6 is 0 Å². The minimum absolute atomic E-state index is 0.110. The topological polar surface area (TPSA) is 78.7 Å². The molecule has 0 saturated carbocycles. The van der Waals surface area contributed by atoms with Crippen molar-refractivity contribution in [2.75, 3.05) is 31.1 Å². The summed E-state index contributed by atoms with van der Waals surface area (Å²) in [4.78, 5) is 27.2. The minimum atomic E-state index is -1.11. The summed E-state index contributed by atoms with van der Waals surface area (Å²) in [5.41, 5.74) is 3.29. The number of hydrogen-bond donors (Lipinski definition) is 1. The van der Waals surface area contributed by atoms with Gasteiger partial charge in [-0.25, -0.2) is 4.79 Å². The molecule has 29 heavy (non-hydrogen) atoms. The van der Waals surface area contributed by atoms with Gasteiger partial charge in [0.2, 0.25) is 5.91 Å². The molecule has 2 aromatic carbocycles. The molecular weight excluding hydrogens is 368 g/mol. The summed E-state index contributed by atoms with van der Waals surface area (Å²) in [5, 5.41) is 14.4. The first-order valence-corrected chi connectivity index (χ1v) is 9.53. The number of rotatable bonds is 3. The molecule has 0 spiro atoms. The summed E-state index contributed by atoms with van der Waals surface area (Å²) >= 11 is 0. The van der Waals surface area contributed by atoms with Gasteiger partial charge in [-0.05, 0) is 23.8 Å². The molecule has 1 aliphatic rings. The Kier molecular flexibility index (Phi) is 5.03. The molecule has 1 fully saturated rings. The van der Waals surface area contributed by atoms with Crippen molar-refractivity contribution in [3.05, 3.63) is 59.8 Å². The molecule has 0 radical (unpaired) electrons. The third kappa shape index (κ3) is 3.71. The second kappa shape index (κ2) is 7.79. The van der Waals surface area contributed by atoms with Crippen LogP contribution in [0.2, 0.25) is 0 Å². The third-order valence-electron chi connectivity index (χ3n) is 5.22. The number of benzene rings is 2. The number of anilines is 1. The molecule has 1 amide bonds. The number of nitrogens with zero attached hydrogens (tertiary/aromatic N) is 4. The molecule has 0 atom stereocenters. The predicted octanol–water partition coefficient (Wildman–Crippen LogP) is 3.40. The Morgan fingerprint density at radius 2 is 1.66 bits per heavy atom. The zero-order chi connectivity index (χ0) is 20.4. The lowest BCUT2D eigenvalue weighted by Crippen LogP contribution is -2.48. The Hall–Kier alpha value is -3.61. The Balaban J connectivity index is 1.63. The minimum Gasteiger partial charge on any atom is -0.463 e. The SMILES string of the molecule is CC(=O)N1CCN(c2ccccc2/C=C/c2nn(C(=O)O)c3ccccc23)CC1. The average Bonchev–Trinajstić information content (AvgIpc) is 3.12. The lowest BCUT2D eigenvalue weighted by atomic mass is 10.1. The number of aromatic nitrogens is 2. The quantitative estimate of drug-likeness (QED) is 0.742. The van der Waals surface area contributed by atoms with E-state index in [1.165, 1.54) is 0 Å². The van der Waals surface area contributed by atoms with Crippen LogP contribution in [0.15, 0.2) is 48.5 Å². The number of amides is 1. The van der Waals surface area contributed by atoms with E-state index in [0.717, 1.165) is 34.4 Å². The molecule has 3 aromatic rings. The Morgan fingerprint density at radius 1 is 0.966 bits per heavy atom. The van der Waals surface area contributed by atoms with Crippen molar-refractivity contribution < 1.29 is 14.7 Å². The van der Waals surface area contributed by atoms with E-state index in [-0.39, 0.29) is 5.91 Å². The van der Waals surface area contributed by atoms with Gasteiger partial charge in [-0.3, -0.25) is 4.79 Å². The monoisotopic (exact) mass is 390 g/mol. The Labute approximate surface area is 168 Å². The van der Waals surface area contributed by atoms with Crippen LogP contribution in [0.5, 0.6) is 0 Å². The van der Waals surface area contributed by atoms with Gasteiger partial charge < -0.3 is 14.9 Å². The zero-order valence-corrected chi connectivity index (χ0v) is 16.2. The summed E-state index contributed by atoms with van der Waals surface area (Å²) in [6, 6.07) is 15.4. The highest BCUT2D eigenvalue weighted by Gasteiger charge is 2.20. The van der Waals surface area contributed by atoms with E-state index in [1.54, 1.807) is 19.1 Å². The second-order valence-corrected chi connectivity index (χ2v) is 6.98. The molecule has 1 saturated heterocycles. The normalized spacial score (nSPS) is 14.7. The predicted molar refractivity (Wildman–Crippen MR) is 113 cm³/mol. The van der Waals surface area contributed by atoms with Crippen LogP contribution in [0, 0.1) is 0 Å². The van der Waals surface area contributed by atoms with Gasteiger partial charge in [-0.1, -0.05) is 42.5 Å². The van der Waals surface area contributed by atoms with E-state index in [2.05, 4.69) is 16.1 Å². The molecule has 1 aromatic heterocycles. The largest absolute Gasteiger partial charge is 0.463 e. The van der Waals surface area contributed by atoms with Gasteiger partial charge in [0.25, 0.3) is 0 Å². The highest BCUT2D eigenvalue weighted by molar-refractivity contribution is 5.94. The number of carbonyl (C=O) groups excluding carboxylic acids is 1. The van der Waals surface area contributed by atoms with Gasteiger partial charge in [-0.15, -0.1) is 0 Å². The number of fused-ring (bicyclic) bond motifs is 1. The van der Waals surface area contributed by atoms with Crippen molar-refractivity contribution in [2.24, 2.45) is 0 Å². The third-order valence-corrected chi connectivity index (χ3v) is 5.22.